The predicted octanol–water partition coefficient (Wildman–Crippen LogP) is 1.59. The van der Waals surface area contributed by atoms with Crippen molar-refractivity contribution in [2.45, 2.75) is 6.92 Å². The van der Waals surface area contributed by atoms with Gasteiger partial charge in [-0.2, -0.15) is 0 Å². The average molecular weight is 307 g/mol. The number of hydrogen-bond acceptors (Lipinski definition) is 4. The van der Waals surface area contributed by atoms with Crippen LogP contribution in [0.1, 0.15) is 15.9 Å². The van der Waals surface area contributed by atoms with Gasteiger partial charge in [0.25, 0.3) is 0 Å². The number of carboxylic acids is 1. The molecule has 6 heteroatoms. The fourth-order valence-electron chi connectivity index (χ4n) is 2.49. The second kappa shape index (κ2) is 5.83. The third kappa shape index (κ3) is 2.95. The maximum Gasteiger partial charge on any atom is 0.488 e. The molecular formula is C17H14BNO4. The van der Waals surface area contributed by atoms with Crippen molar-refractivity contribution in [2.24, 2.45) is 0 Å². The third-order valence-electron chi connectivity index (χ3n) is 3.70. The number of nitrogens with zero attached hydrogens (tertiary/aromatic N) is 1. The van der Waals surface area contributed by atoms with Crippen LogP contribution in [0.3, 0.4) is 0 Å². The summed E-state index contributed by atoms with van der Waals surface area (Å²) >= 11 is 0. The van der Waals surface area contributed by atoms with Crippen LogP contribution in [0.25, 0.3) is 22.2 Å². The van der Waals surface area contributed by atoms with Gasteiger partial charge in [0.2, 0.25) is 0 Å². The number of pyridine rings is 1. The van der Waals surface area contributed by atoms with Crippen LogP contribution >= 0.6 is 0 Å². The van der Waals surface area contributed by atoms with Gasteiger partial charge in [0.05, 0.1) is 16.8 Å². The monoisotopic (exact) mass is 307 g/mol. The summed E-state index contributed by atoms with van der Waals surface area (Å²) in [6.07, 6.45) is 0. The molecule has 0 saturated heterocycles. The van der Waals surface area contributed by atoms with E-state index in [4.69, 9.17) is 10.0 Å². The van der Waals surface area contributed by atoms with Gasteiger partial charge in [0.15, 0.2) is 0 Å². The maximum atomic E-state index is 11.6. The standard InChI is InChI=1S/C17H14BNO4/c1-10-2-7-15-13(8-10)14(17(20)21)9-16(19-15)11-3-5-12(6-4-11)18(22)23/h2-9,22-23H,1H3,(H,20,21). The highest BCUT2D eigenvalue weighted by Gasteiger charge is 2.14. The fourth-order valence-corrected chi connectivity index (χ4v) is 2.49. The van der Waals surface area contributed by atoms with Crippen LogP contribution in [0.15, 0.2) is 48.5 Å². The molecule has 1 heterocycles. The number of benzene rings is 2. The van der Waals surface area contributed by atoms with Crippen molar-refractivity contribution in [1.82, 2.24) is 4.98 Å². The molecule has 3 aromatic rings. The van der Waals surface area contributed by atoms with E-state index < -0.39 is 13.1 Å². The van der Waals surface area contributed by atoms with Crippen molar-refractivity contribution < 1.29 is 19.9 Å². The van der Waals surface area contributed by atoms with E-state index in [0.717, 1.165) is 5.56 Å². The second-order valence-electron chi connectivity index (χ2n) is 5.38. The van der Waals surface area contributed by atoms with E-state index in [2.05, 4.69) is 4.98 Å². The minimum absolute atomic E-state index is 0.194. The number of hydrogen-bond donors (Lipinski definition) is 3. The Morgan fingerprint density at radius 1 is 1.04 bits per heavy atom. The van der Waals surface area contributed by atoms with Gasteiger partial charge < -0.3 is 15.2 Å². The number of aromatic carboxylic acids is 1. The molecule has 23 heavy (non-hydrogen) atoms. The quantitative estimate of drug-likeness (QED) is 0.639. The van der Waals surface area contributed by atoms with E-state index >= 15 is 0 Å². The molecular weight excluding hydrogens is 293 g/mol. The van der Waals surface area contributed by atoms with E-state index in [-0.39, 0.29) is 5.56 Å². The molecule has 114 valence electrons. The number of carboxylic acid groups (broad SMARTS) is 1. The van der Waals surface area contributed by atoms with Crippen LogP contribution in [-0.4, -0.2) is 33.2 Å². The van der Waals surface area contributed by atoms with Gasteiger partial charge >= 0.3 is 13.1 Å². The van der Waals surface area contributed by atoms with Crippen molar-refractivity contribution in [3.8, 4) is 11.3 Å². The Labute approximate surface area is 133 Å². The molecule has 0 aliphatic carbocycles. The first kappa shape index (κ1) is 15.2. The Morgan fingerprint density at radius 2 is 1.74 bits per heavy atom. The first-order valence-electron chi connectivity index (χ1n) is 7.07. The molecule has 0 bridgehead atoms. The van der Waals surface area contributed by atoms with Crippen LogP contribution in [0.2, 0.25) is 0 Å². The topological polar surface area (TPSA) is 90.7 Å². The van der Waals surface area contributed by atoms with Gasteiger partial charge in [-0.05, 0) is 30.6 Å². The molecule has 5 nitrogen and oxygen atoms in total. The van der Waals surface area contributed by atoms with Gasteiger partial charge in [0, 0.05) is 10.9 Å². The Bertz CT molecular complexity index is 891. The number of aromatic nitrogens is 1. The van der Waals surface area contributed by atoms with E-state index in [0.29, 0.717) is 27.6 Å². The Morgan fingerprint density at radius 3 is 2.35 bits per heavy atom. The number of fused-ring (bicyclic) bond motifs is 1. The zero-order chi connectivity index (χ0) is 16.6. The summed E-state index contributed by atoms with van der Waals surface area (Å²) in [6.45, 7) is 1.90. The minimum Gasteiger partial charge on any atom is -0.478 e. The molecule has 0 radical (unpaired) electrons. The van der Waals surface area contributed by atoms with Crippen LogP contribution in [0.5, 0.6) is 0 Å². The highest BCUT2D eigenvalue weighted by molar-refractivity contribution is 6.58. The van der Waals surface area contributed by atoms with Gasteiger partial charge in [-0.15, -0.1) is 0 Å². The molecule has 3 N–H and O–H groups in total. The first-order valence-corrected chi connectivity index (χ1v) is 7.07. The highest BCUT2D eigenvalue weighted by atomic mass is 16.4. The van der Waals surface area contributed by atoms with Crippen molar-refractivity contribution in [3.63, 3.8) is 0 Å². The summed E-state index contributed by atoms with van der Waals surface area (Å²) in [5.74, 6) is -1.01. The molecule has 0 saturated carbocycles. The van der Waals surface area contributed by atoms with E-state index in [1.807, 2.05) is 13.0 Å². The van der Waals surface area contributed by atoms with Crippen molar-refractivity contribution >= 4 is 29.5 Å². The molecule has 0 fully saturated rings. The summed E-state index contributed by atoms with van der Waals surface area (Å²) in [7, 11) is -1.54. The largest absolute Gasteiger partial charge is 0.488 e. The molecule has 0 unspecified atom stereocenters. The number of aryl methyl sites for hydroxylation is 1. The fraction of sp³-hybridized carbons (Fsp3) is 0.0588. The Kier molecular flexibility index (Phi) is 3.86. The minimum atomic E-state index is -1.54. The molecule has 0 amide bonds. The summed E-state index contributed by atoms with van der Waals surface area (Å²) < 4.78 is 0. The van der Waals surface area contributed by atoms with Crippen LogP contribution in [0.4, 0.5) is 0 Å². The molecule has 0 aliphatic rings. The molecule has 0 spiro atoms. The molecule has 3 rings (SSSR count). The van der Waals surface area contributed by atoms with Crippen molar-refractivity contribution in [3.05, 3.63) is 59.7 Å². The van der Waals surface area contributed by atoms with Crippen molar-refractivity contribution in [1.29, 1.82) is 0 Å². The van der Waals surface area contributed by atoms with Crippen LogP contribution < -0.4 is 5.46 Å². The SMILES string of the molecule is Cc1ccc2nc(-c3ccc(B(O)O)cc3)cc(C(=O)O)c2c1. The Hall–Kier alpha value is -2.70. The van der Waals surface area contributed by atoms with Gasteiger partial charge in [-0.1, -0.05) is 35.9 Å². The summed E-state index contributed by atoms with van der Waals surface area (Å²) in [5, 5.41) is 28.3. The van der Waals surface area contributed by atoms with Crippen LogP contribution in [-0.2, 0) is 0 Å². The number of carbonyl (C=O) groups is 1. The normalized spacial score (nSPS) is 10.7. The lowest BCUT2D eigenvalue weighted by Crippen LogP contribution is -2.29. The van der Waals surface area contributed by atoms with Gasteiger partial charge in [-0.3, -0.25) is 0 Å². The summed E-state index contributed by atoms with van der Waals surface area (Å²) in [5.41, 5.74) is 3.37. The smallest absolute Gasteiger partial charge is 0.478 e. The first-order chi connectivity index (χ1) is 11.0. The zero-order valence-corrected chi connectivity index (χ0v) is 12.4. The molecule has 0 atom stereocenters. The molecule has 2 aromatic carbocycles. The lowest BCUT2D eigenvalue weighted by atomic mass is 9.80. The van der Waals surface area contributed by atoms with E-state index in [9.17, 15) is 9.90 Å². The van der Waals surface area contributed by atoms with Gasteiger partial charge in [0.1, 0.15) is 0 Å². The summed E-state index contributed by atoms with van der Waals surface area (Å²) in [6, 6.07) is 13.5. The number of rotatable bonds is 3. The lowest BCUT2D eigenvalue weighted by Gasteiger charge is -2.08. The second-order valence-corrected chi connectivity index (χ2v) is 5.38. The highest BCUT2D eigenvalue weighted by Crippen LogP contribution is 2.25. The summed E-state index contributed by atoms with van der Waals surface area (Å²) in [4.78, 5) is 16.1. The van der Waals surface area contributed by atoms with Crippen LogP contribution in [0, 0.1) is 6.92 Å². The molecule has 0 aliphatic heterocycles. The van der Waals surface area contributed by atoms with E-state index in [1.165, 1.54) is 6.07 Å². The predicted molar refractivity (Wildman–Crippen MR) is 88.7 cm³/mol. The van der Waals surface area contributed by atoms with E-state index in [1.54, 1.807) is 36.4 Å². The van der Waals surface area contributed by atoms with Gasteiger partial charge in [-0.25, -0.2) is 9.78 Å². The Balaban J connectivity index is 2.18. The lowest BCUT2D eigenvalue weighted by molar-refractivity contribution is 0.0699. The molecule has 1 aromatic heterocycles. The van der Waals surface area contributed by atoms with Crippen molar-refractivity contribution in [2.75, 3.05) is 0 Å². The zero-order valence-electron chi connectivity index (χ0n) is 12.4. The average Bonchev–Trinajstić information content (AvgIpc) is 2.53. The third-order valence-corrected chi connectivity index (χ3v) is 3.70. The maximum absolute atomic E-state index is 11.6.